The number of ketones is 1. The molecule has 0 bridgehead atoms. The third-order valence-corrected chi connectivity index (χ3v) is 8.19. The fourth-order valence-corrected chi connectivity index (χ4v) is 6.19. The van der Waals surface area contributed by atoms with Crippen molar-refractivity contribution in [2.45, 2.75) is 6.92 Å². The van der Waals surface area contributed by atoms with Gasteiger partial charge in [0, 0.05) is 29.1 Å². The first-order valence-electron chi connectivity index (χ1n) is 14.2. The Morgan fingerprint density at radius 1 is 0.889 bits per heavy atom. The molecule has 8 nitrogen and oxygen atoms in total. The number of nitrogens with one attached hydrogen (secondary N) is 1. The summed E-state index contributed by atoms with van der Waals surface area (Å²) in [5.74, 6) is -1.12. The monoisotopic (exact) mass is 613 g/mol. The van der Waals surface area contributed by atoms with E-state index in [1.165, 1.54) is 23.9 Å². The average Bonchev–Trinajstić information content (AvgIpc) is 3.59. The highest BCUT2D eigenvalue weighted by Gasteiger charge is 2.36. The van der Waals surface area contributed by atoms with Crippen LogP contribution in [-0.4, -0.2) is 27.8 Å². The van der Waals surface area contributed by atoms with E-state index in [-0.39, 0.29) is 17.9 Å². The van der Waals surface area contributed by atoms with Crippen molar-refractivity contribution in [1.82, 2.24) is 4.57 Å². The summed E-state index contributed by atoms with van der Waals surface area (Å²) in [6, 6.07) is 37.2. The highest BCUT2D eigenvalue weighted by atomic mass is 32.2. The normalized spacial score (nSPS) is 13.7. The summed E-state index contributed by atoms with van der Waals surface area (Å²) in [7, 11) is 0. The molecule has 222 valence electrons. The van der Waals surface area contributed by atoms with Gasteiger partial charge in [-0.3, -0.25) is 14.9 Å². The topological polar surface area (TPSA) is 103 Å². The molecular weight excluding hydrogens is 586 g/mol. The fraction of sp³-hybridized carbons (Fsp3) is 0.0556. The summed E-state index contributed by atoms with van der Waals surface area (Å²) in [4.78, 5) is 38.2. The molecule has 0 aliphatic carbocycles. The highest BCUT2D eigenvalue weighted by molar-refractivity contribution is 8.08. The molecule has 4 aromatic carbocycles. The number of thioether (sulfide) groups is 1. The Labute approximate surface area is 263 Å². The van der Waals surface area contributed by atoms with Crippen molar-refractivity contribution in [2.75, 3.05) is 11.9 Å². The van der Waals surface area contributed by atoms with Crippen LogP contribution in [-0.2, 0) is 14.3 Å². The summed E-state index contributed by atoms with van der Waals surface area (Å²) < 4.78 is 7.31. The highest BCUT2D eigenvalue weighted by Crippen LogP contribution is 2.43. The molecule has 0 saturated heterocycles. The van der Waals surface area contributed by atoms with Gasteiger partial charge in [-0.15, -0.1) is 0 Å². The predicted molar refractivity (Wildman–Crippen MR) is 178 cm³/mol. The Morgan fingerprint density at radius 3 is 2.09 bits per heavy atom. The number of para-hydroxylation sites is 1. The molecule has 5 aromatic rings. The van der Waals surface area contributed by atoms with Crippen LogP contribution < -0.4 is 5.32 Å². The summed E-state index contributed by atoms with van der Waals surface area (Å²) in [6.07, 6.45) is 1.79. The minimum Gasteiger partial charge on any atom is -0.462 e. The largest absolute Gasteiger partial charge is 0.462 e. The number of aromatic nitrogens is 1. The van der Waals surface area contributed by atoms with Crippen LogP contribution in [0, 0.1) is 10.1 Å². The molecule has 0 fully saturated rings. The van der Waals surface area contributed by atoms with E-state index in [4.69, 9.17) is 4.74 Å². The molecule has 1 aliphatic rings. The quantitative estimate of drug-likeness (QED) is 0.0587. The van der Waals surface area contributed by atoms with Gasteiger partial charge >= 0.3 is 5.97 Å². The van der Waals surface area contributed by atoms with Crippen LogP contribution in [0.1, 0.15) is 12.5 Å². The number of nitro benzene ring substituents is 1. The number of carbonyl (C=O) groups excluding carboxylic acids is 2. The first-order chi connectivity index (χ1) is 21.9. The third kappa shape index (κ3) is 6.07. The smallest absolute Gasteiger partial charge is 0.344 e. The van der Waals surface area contributed by atoms with Crippen molar-refractivity contribution >= 4 is 41.0 Å². The Morgan fingerprint density at radius 2 is 1.49 bits per heavy atom. The number of carbonyl (C=O) groups is 2. The predicted octanol–water partition coefficient (Wildman–Crippen LogP) is 8.26. The van der Waals surface area contributed by atoms with Gasteiger partial charge in [-0.05, 0) is 54.5 Å². The minimum atomic E-state index is -0.687. The molecule has 0 atom stereocenters. The molecule has 0 radical (unpaired) electrons. The number of nitrogens with zero attached hydrogens (tertiary/aromatic N) is 2. The zero-order valence-corrected chi connectivity index (χ0v) is 25.0. The van der Waals surface area contributed by atoms with Crippen molar-refractivity contribution < 1.29 is 19.2 Å². The van der Waals surface area contributed by atoms with Crippen LogP contribution in [0.5, 0.6) is 0 Å². The Kier molecular flexibility index (Phi) is 8.43. The SMILES string of the molecule is CCOC(=O)C1=C(Nc2ccccc2)S/C(=C\c2cc(-c3ccccc3)n(-c3ccc([N+](=O)[O-])cc3)c2-c2ccccc2)C1=O. The van der Waals surface area contributed by atoms with E-state index in [2.05, 4.69) is 5.32 Å². The van der Waals surface area contributed by atoms with E-state index >= 15 is 0 Å². The number of esters is 1. The van der Waals surface area contributed by atoms with Crippen LogP contribution in [0.25, 0.3) is 34.3 Å². The van der Waals surface area contributed by atoms with E-state index in [0.717, 1.165) is 33.8 Å². The van der Waals surface area contributed by atoms with Crippen molar-refractivity contribution in [2.24, 2.45) is 0 Å². The maximum atomic E-state index is 13.8. The molecule has 0 spiro atoms. The minimum absolute atomic E-state index is 0.0141. The molecule has 1 N–H and O–H groups in total. The van der Waals surface area contributed by atoms with Gasteiger partial charge in [-0.2, -0.15) is 0 Å². The van der Waals surface area contributed by atoms with E-state index in [1.807, 2.05) is 102 Å². The van der Waals surface area contributed by atoms with Gasteiger partial charge in [0.2, 0.25) is 5.78 Å². The zero-order valence-electron chi connectivity index (χ0n) is 24.2. The van der Waals surface area contributed by atoms with Crippen molar-refractivity contribution in [3.63, 3.8) is 0 Å². The molecule has 1 aromatic heterocycles. The number of nitro groups is 1. The number of Topliss-reactive ketones (excluding diaryl/α,β-unsaturated/α-hetero) is 1. The number of hydrogen-bond acceptors (Lipinski definition) is 7. The summed E-state index contributed by atoms with van der Waals surface area (Å²) >= 11 is 1.18. The number of allylic oxidation sites excluding steroid dienone is 1. The lowest BCUT2D eigenvalue weighted by Gasteiger charge is -2.15. The summed E-state index contributed by atoms with van der Waals surface area (Å²) in [6.45, 7) is 1.83. The molecule has 45 heavy (non-hydrogen) atoms. The molecule has 6 rings (SSSR count). The first-order valence-corrected chi connectivity index (χ1v) is 15.1. The van der Waals surface area contributed by atoms with Gasteiger partial charge in [0.1, 0.15) is 5.57 Å². The summed E-state index contributed by atoms with van der Waals surface area (Å²) in [5, 5.41) is 15.0. The van der Waals surface area contributed by atoms with Gasteiger partial charge in [0.15, 0.2) is 0 Å². The molecule has 0 unspecified atom stereocenters. The Balaban J connectivity index is 1.54. The molecule has 1 aliphatic heterocycles. The van der Waals surface area contributed by atoms with E-state index in [9.17, 15) is 19.7 Å². The van der Waals surface area contributed by atoms with Crippen molar-refractivity contribution in [1.29, 1.82) is 0 Å². The molecule has 0 amide bonds. The molecule has 9 heteroatoms. The first kappa shape index (κ1) is 29.4. The molecule has 2 heterocycles. The number of non-ortho nitro benzene ring substituents is 1. The van der Waals surface area contributed by atoms with Crippen LogP contribution in [0.3, 0.4) is 0 Å². The molecular formula is C36H27N3O5S. The number of ether oxygens (including phenoxy) is 1. The second kappa shape index (κ2) is 12.9. The molecule has 0 saturated carbocycles. The standard InChI is InChI=1S/C36H27N3O5S/c1-2-44-36(41)32-34(40)31(45-35(32)37-27-16-10-5-11-17-27)23-26-22-30(24-12-6-3-7-13-24)38(33(26)25-14-8-4-9-15-25)28-18-20-29(21-19-28)39(42)43/h3-23,37H,2H2,1H3/b31-23-. The van der Waals surface area contributed by atoms with E-state index in [1.54, 1.807) is 25.1 Å². The number of benzene rings is 4. The second-order valence-electron chi connectivity index (χ2n) is 10.0. The number of rotatable bonds is 9. The van der Waals surface area contributed by atoms with E-state index in [0.29, 0.717) is 15.6 Å². The lowest BCUT2D eigenvalue weighted by atomic mass is 10.1. The van der Waals surface area contributed by atoms with Gasteiger partial charge in [0.25, 0.3) is 5.69 Å². The maximum Gasteiger partial charge on any atom is 0.344 e. The Hall–Kier alpha value is -5.67. The number of anilines is 1. The van der Waals surface area contributed by atoms with Gasteiger partial charge in [0.05, 0.1) is 32.9 Å². The van der Waals surface area contributed by atoms with Crippen LogP contribution in [0.2, 0.25) is 0 Å². The summed E-state index contributed by atoms with van der Waals surface area (Å²) in [5.41, 5.74) is 5.52. The zero-order chi connectivity index (χ0) is 31.3. The Bertz CT molecular complexity index is 1950. The third-order valence-electron chi connectivity index (χ3n) is 7.15. The van der Waals surface area contributed by atoms with Gasteiger partial charge in [-0.1, -0.05) is 90.6 Å². The average molecular weight is 614 g/mol. The van der Waals surface area contributed by atoms with Crippen LogP contribution in [0.4, 0.5) is 11.4 Å². The lowest BCUT2D eigenvalue weighted by molar-refractivity contribution is -0.384. The van der Waals surface area contributed by atoms with Crippen molar-refractivity contribution in [3.05, 3.63) is 153 Å². The van der Waals surface area contributed by atoms with Crippen LogP contribution >= 0.6 is 11.8 Å². The van der Waals surface area contributed by atoms with Gasteiger partial charge in [-0.25, -0.2) is 4.79 Å². The fourth-order valence-electron chi connectivity index (χ4n) is 5.14. The maximum absolute atomic E-state index is 13.8. The van der Waals surface area contributed by atoms with Crippen molar-refractivity contribution in [3.8, 4) is 28.2 Å². The second-order valence-corrected chi connectivity index (χ2v) is 11.1. The number of hydrogen-bond donors (Lipinski definition) is 1. The van der Waals surface area contributed by atoms with Crippen LogP contribution in [0.15, 0.2) is 137 Å². The van der Waals surface area contributed by atoms with Gasteiger partial charge < -0.3 is 14.6 Å². The lowest BCUT2D eigenvalue weighted by Crippen LogP contribution is -2.16. The van der Waals surface area contributed by atoms with E-state index < -0.39 is 16.7 Å².